The zero-order valence-electron chi connectivity index (χ0n) is 10.8. The van der Waals surface area contributed by atoms with Crippen molar-refractivity contribution in [3.05, 3.63) is 51.7 Å². The number of hydrazone groups is 1. The Bertz CT molecular complexity index is 585. The molecular formula is C14H15N3S2. The first-order chi connectivity index (χ1) is 9.13. The number of hydrogen-bond acceptors (Lipinski definition) is 3. The summed E-state index contributed by atoms with van der Waals surface area (Å²) in [6.07, 6.45) is 1.76. The fourth-order valence-corrected chi connectivity index (χ4v) is 2.39. The van der Waals surface area contributed by atoms with Gasteiger partial charge in [-0.2, -0.15) is 5.10 Å². The number of benzene rings is 1. The fourth-order valence-electron chi connectivity index (χ4n) is 1.47. The van der Waals surface area contributed by atoms with E-state index >= 15 is 0 Å². The lowest BCUT2D eigenvalue weighted by Gasteiger charge is -2.06. The first-order valence-corrected chi connectivity index (χ1v) is 7.09. The van der Waals surface area contributed by atoms with Crippen molar-refractivity contribution in [2.75, 3.05) is 5.32 Å². The van der Waals surface area contributed by atoms with Crippen molar-refractivity contribution in [3.8, 4) is 0 Å². The third-order valence-corrected chi connectivity index (χ3v) is 3.56. The van der Waals surface area contributed by atoms with E-state index in [-0.39, 0.29) is 0 Å². The summed E-state index contributed by atoms with van der Waals surface area (Å²) in [5.41, 5.74) is 4.97. The summed E-state index contributed by atoms with van der Waals surface area (Å²) in [5.74, 6) is 0. The Labute approximate surface area is 122 Å². The molecule has 0 spiro atoms. The molecule has 2 N–H and O–H groups in total. The van der Waals surface area contributed by atoms with Crippen LogP contribution in [0.5, 0.6) is 0 Å². The second-order valence-corrected chi connectivity index (χ2v) is 5.87. The average molecular weight is 289 g/mol. The molecule has 0 unspecified atom stereocenters. The summed E-state index contributed by atoms with van der Waals surface area (Å²) in [4.78, 5) is 2.37. The number of aryl methyl sites for hydroxylation is 2. The number of nitrogens with zero attached hydrogens (tertiary/aromatic N) is 1. The quantitative estimate of drug-likeness (QED) is 0.514. The lowest BCUT2D eigenvalue weighted by atomic mass is 10.2. The highest BCUT2D eigenvalue weighted by Crippen LogP contribution is 2.12. The first-order valence-electron chi connectivity index (χ1n) is 5.86. The van der Waals surface area contributed by atoms with E-state index in [1.54, 1.807) is 17.6 Å². The molecule has 1 heterocycles. The molecule has 3 nitrogen and oxygen atoms in total. The predicted molar refractivity (Wildman–Crippen MR) is 87.2 cm³/mol. The van der Waals surface area contributed by atoms with Crippen molar-refractivity contribution in [2.24, 2.45) is 5.10 Å². The van der Waals surface area contributed by atoms with Gasteiger partial charge in [-0.05, 0) is 50.3 Å². The van der Waals surface area contributed by atoms with Gasteiger partial charge in [-0.25, -0.2) is 0 Å². The predicted octanol–water partition coefficient (Wildman–Crippen LogP) is 3.69. The van der Waals surface area contributed by atoms with Crippen molar-refractivity contribution in [2.45, 2.75) is 13.8 Å². The van der Waals surface area contributed by atoms with Crippen LogP contribution in [0.2, 0.25) is 0 Å². The minimum absolute atomic E-state index is 0.480. The van der Waals surface area contributed by atoms with Gasteiger partial charge >= 0.3 is 0 Å². The van der Waals surface area contributed by atoms with Crippen molar-refractivity contribution < 1.29 is 0 Å². The summed E-state index contributed by atoms with van der Waals surface area (Å²) in [7, 11) is 0. The Balaban J connectivity index is 1.84. The Morgan fingerprint density at radius 3 is 2.53 bits per heavy atom. The van der Waals surface area contributed by atoms with Crippen LogP contribution in [0.4, 0.5) is 5.69 Å². The molecule has 0 amide bonds. The van der Waals surface area contributed by atoms with E-state index in [9.17, 15) is 0 Å². The maximum absolute atomic E-state index is 5.16. The zero-order chi connectivity index (χ0) is 13.7. The molecule has 1 aromatic heterocycles. The van der Waals surface area contributed by atoms with Crippen molar-refractivity contribution in [1.29, 1.82) is 0 Å². The van der Waals surface area contributed by atoms with Crippen LogP contribution in [0.15, 0.2) is 41.5 Å². The maximum Gasteiger partial charge on any atom is 0.191 e. The molecule has 98 valence electrons. The van der Waals surface area contributed by atoms with Gasteiger partial charge in [0.1, 0.15) is 0 Å². The van der Waals surface area contributed by atoms with Crippen molar-refractivity contribution in [1.82, 2.24) is 5.43 Å². The smallest absolute Gasteiger partial charge is 0.191 e. The van der Waals surface area contributed by atoms with E-state index in [2.05, 4.69) is 28.8 Å². The van der Waals surface area contributed by atoms with E-state index in [1.165, 1.54) is 10.4 Å². The fraction of sp³-hybridized carbons (Fsp3) is 0.143. The molecule has 0 aliphatic rings. The van der Waals surface area contributed by atoms with Gasteiger partial charge in [0.25, 0.3) is 0 Å². The molecule has 19 heavy (non-hydrogen) atoms. The first kappa shape index (κ1) is 13.7. The second-order valence-electron chi connectivity index (χ2n) is 4.14. The van der Waals surface area contributed by atoms with Gasteiger partial charge in [-0.15, -0.1) is 11.3 Å². The Hall–Kier alpha value is -1.72. The summed E-state index contributed by atoms with van der Waals surface area (Å²) >= 11 is 6.85. The molecule has 1 aromatic carbocycles. The average Bonchev–Trinajstić information content (AvgIpc) is 2.78. The number of nitrogens with one attached hydrogen (secondary N) is 2. The highest BCUT2D eigenvalue weighted by Gasteiger charge is 1.96. The zero-order valence-corrected chi connectivity index (χ0v) is 12.4. The number of rotatable bonds is 3. The monoisotopic (exact) mass is 289 g/mol. The molecule has 0 bridgehead atoms. The van der Waals surface area contributed by atoms with Gasteiger partial charge < -0.3 is 5.32 Å². The number of thiophene rings is 1. The Morgan fingerprint density at radius 2 is 1.89 bits per heavy atom. The number of anilines is 1. The molecule has 0 atom stereocenters. The van der Waals surface area contributed by atoms with Gasteiger partial charge in [-0.3, -0.25) is 5.43 Å². The van der Waals surface area contributed by atoms with E-state index in [0.29, 0.717) is 5.11 Å². The molecule has 0 radical (unpaired) electrons. The highest BCUT2D eigenvalue weighted by atomic mass is 32.1. The van der Waals surface area contributed by atoms with Crippen LogP contribution in [-0.4, -0.2) is 11.3 Å². The van der Waals surface area contributed by atoms with Crippen LogP contribution >= 0.6 is 23.6 Å². The van der Waals surface area contributed by atoms with E-state index in [1.807, 2.05) is 37.3 Å². The number of thiocarbonyl (C=S) groups is 1. The van der Waals surface area contributed by atoms with Crippen molar-refractivity contribution in [3.63, 3.8) is 0 Å². The Kier molecular flexibility index (Phi) is 4.65. The van der Waals surface area contributed by atoms with Crippen molar-refractivity contribution >= 4 is 40.6 Å². The maximum atomic E-state index is 5.16. The van der Waals surface area contributed by atoms with Gasteiger partial charge in [0.15, 0.2) is 5.11 Å². The molecule has 0 aliphatic heterocycles. The molecular weight excluding hydrogens is 274 g/mol. The minimum Gasteiger partial charge on any atom is -0.331 e. The topological polar surface area (TPSA) is 36.4 Å². The van der Waals surface area contributed by atoms with Crippen LogP contribution in [0.1, 0.15) is 15.3 Å². The van der Waals surface area contributed by atoms with E-state index in [0.717, 1.165) is 10.6 Å². The highest BCUT2D eigenvalue weighted by molar-refractivity contribution is 7.80. The van der Waals surface area contributed by atoms with Gasteiger partial charge in [-0.1, -0.05) is 17.7 Å². The molecule has 0 saturated carbocycles. The van der Waals surface area contributed by atoms with E-state index in [4.69, 9.17) is 12.2 Å². The SMILES string of the molecule is Cc1ccc(NC(=S)N/N=C/c2ccc(C)s2)cc1. The summed E-state index contributed by atoms with van der Waals surface area (Å²) in [5, 5.41) is 7.65. The molecule has 5 heteroatoms. The lowest BCUT2D eigenvalue weighted by molar-refractivity contribution is 1.05. The summed E-state index contributed by atoms with van der Waals surface area (Å²) < 4.78 is 0. The third-order valence-electron chi connectivity index (χ3n) is 2.43. The minimum atomic E-state index is 0.480. The van der Waals surface area contributed by atoms with Crippen LogP contribution in [0.3, 0.4) is 0 Å². The van der Waals surface area contributed by atoms with Gasteiger partial charge in [0.05, 0.1) is 6.21 Å². The molecule has 0 fully saturated rings. The summed E-state index contributed by atoms with van der Waals surface area (Å²) in [6.45, 7) is 4.12. The molecule has 2 aromatic rings. The molecule has 2 rings (SSSR count). The molecule has 0 saturated heterocycles. The van der Waals surface area contributed by atoms with E-state index < -0.39 is 0 Å². The summed E-state index contributed by atoms with van der Waals surface area (Å²) in [6, 6.07) is 12.1. The van der Waals surface area contributed by atoms with Gasteiger partial charge in [0.2, 0.25) is 0 Å². The number of hydrogen-bond donors (Lipinski definition) is 2. The van der Waals surface area contributed by atoms with Gasteiger partial charge in [0, 0.05) is 15.4 Å². The third kappa shape index (κ3) is 4.46. The molecule has 0 aliphatic carbocycles. The van der Waals surface area contributed by atoms with Crippen LogP contribution < -0.4 is 10.7 Å². The lowest BCUT2D eigenvalue weighted by Crippen LogP contribution is -2.23. The largest absolute Gasteiger partial charge is 0.331 e. The second kappa shape index (κ2) is 6.45. The Morgan fingerprint density at radius 1 is 1.16 bits per heavy atom. The van der Waals surface area contributed by atoms with Crippen LogP contribution in [0, 0.1) is 13.8 Å². The van der Waals surface area contributed by atoms with Crippen LogP contribution in [-0.2, 0) is 0 Å². The standard InChI is InChI=1S/C14H15N3S2/c1-10-3-6-12(7-4-10)16-14(18)17-15-9-13-8-5-11(2)19-13/h3-9H,1-2H3,(H2,16,17,18)/b15-9+. The normalized spacial score (nSPS) is 10.6. The van der Waals surface area contributed by atoms with Crippen LogP contribution in [0.25, 0.3) is 0 Å².